The number of anilines is 1. The number of hydrogen-bond acceptors (Lipinski definition) is 4. The van der Waals surface area contributed by atoms with Gasteiger partial charge in [-0.25, -0.2) is 4.68 Å². The van der Waals surface area contributed by atoms with Crippen LogP contribution in [-0.4, -0.2) is 28.9 Å². The quantitative estimate of drug-likeness (QED) is 0.780. The number of nitrogens with zero attached hydrogens (tertiary/aromatic N) is 2. The van der Waals surface area contributed by atoms with Gasteiger partial charge in [0.1, 0.15) is 13.2 Å². The Hall–Kier alpha value is -2.99. The summed E-state index contributed by atoms with van der Waals surface area (Å²) in [7, 11) is 0. The molecule has 25 heavy (non-hydrogen) atoms. The van der Waals surface area contributed by atoms with Crippen LogP contribution in [-0.2, 0) is 0 Å². The van der Waals surface area contributed by atoms with Crippen molar-refractivity contribution in [1.82, 2.24) is 9.78 Å². The van der Waals surface area contributed by atoms with Gasteiger partial charge < -0.3 is 14.8 Å². The summed E-state index contributed by atoms with van der Waals surface area (Å²) in [6.45, 7) is 1.00. The molecule has 0 spiro atoms. The molecule has 0 unspecified atom stereocenters. The van der Waals surface area contributed by atoms with Crippen LogP contribution >= 0.6 is 11.6 Å². The summed E-state index contributed by atoms with van der Waals surface area (Å²) < 4.78 is 12.6. The minimum atomic E-state index is -0.216. The SMILES string of the molecule is O=C(Nc1ccc(-n2cc(Cl)cn2)cc1)c1ccc2c(c1)OCCO2. The predicted molar refractivity (Wildman–Crippen MR) is 94.0 cm³/mol. The highest BCUT2D eigenvalue weighted by molar-refractivity contribution is 6.30. The third kappa shape index (κ3) is 3.29. The van der Waals surface area contributed by atoms with Crippen molar-refractivity contribution in [2.24, 2.45) is 0 Å². The maximum atomic E-state index is 12.4. The second-order valence-corrected chi connectivity index (χ2v) is 5.90. The number of carbonyl (C=O) groups is 1. The lowest BCUT2D eigenvalue weighted by Crippen LogP contribution is -2.17. The second-order valence-electron chi connectivity index (χ2n) is 5.46. The highest BCUT2D eigenvalue weighted by atomic mass is 35.5. The van der Waals surface area contributed by atoms with E-state index in [4.69, 9.17) is 21.1 Å². The molecule has 1 aliphatic rings. The minimum absolute atomic E-state index is 0.216. The molecule has 7 heteroatoms. The molecule has 0 fully saturated rings. The Morgan fingerprint density at radius 1 is 1.08 bits per heavy atom. The van der Waals surface area contributed by atoms with Crippen LogP contribution < -0.4 is 14.8 Å². The van der Waals surface area contributed by atoms with E-state index < -0.39 is 0 Å². The maximum absolute atomic E-state index is 12.4. The van der Waals surface area contributed by atoms with Crippen molar-refractivity contribution in [3.8, 4) is 17.2 Å². The fourth-order valence-corrected chi connectivity index (χ4v) is 2.66. The number of rotatable bonds is 3. The lowest BCUT2D eigenvalue weighted by molar-refractivity contribution is 0.102. The van der Waals surface area contributed by atoms with Gasteiger partial charge in [0.2, 0.25) is 0 Å². The number of benzene rings is 2. The lowest BCUT2D eigenvalue weighted by Gasteiger charge is -2.18. The molecule has 1 aliphatic heterocycles. The molecule has 1 aromatic heterocycles. The number of nitrogens with one attached hydrogen (secondary N) is 1. The number of halogens is 1. The van der Waals surface area contributed by atoms with Crippen molar-refractivity contribution in [3.05, 3.63) is 65.4 Å². The topological polar surface area (TPSA) is 65.4 Å². The summed E-state index contributed by atoms with van der Waals surface area (Å²) >= 11 is 5.87. The van der Waals surface area contributed by atoms with E-state index in [1.165, 1.54) is 0 Å². The Morgan fingerprint density at radius 2 is 1.84 bits per heavy atom. The predicted octanol–water partition coefficient (Wildman–Crippen LogP) is 3.55. The fraction of sp³-hybridized carbons (Fsp3) is 0.111. The van der Waals surface area contributed by atoms with E-state index in [9.17, 15) is 4.79 Å². The first-order valence-corrected chi connectivity index (χ1v) is 8.08. The van der Waals surface area contributed by atoms with Crippen molar-refractivity contribution < 1.29 is 14.3 Å². The zero-order valence-electron chi connectivity index (χ0n) is 13.1. The molecule has 0 saturated carbocycles. The van der Waals surface area contributed by atoms with Gasteiger partial charge in [-0.05, 0) is 42.5 Å². The fourth-order valence-electron chi connectivity index (χ4n) is 2.53. The van der Waals surface area contributed by atoms with Gasteiger partial charge in [-0.2, -0.15) is 5.10 Å². The van der Waals surface area contributed by atoms with Crippen LogP contribution in [0.25, 0.3) is 5.69 Å². The van der Waals surface area contributed by atoms with E-state index in [0.29, 0.717) is 41.0 Å². The van der Waals surface area contributed by atoms with Gasteiger partial charge >= 0.3 is 0 Å². The minimum Gasteiger partial charge on any atom is -0.486 e. The average Bonchev–Trinajstić information content (AvgIpc) is 3.08. The summed E-state index contributed by atoms with van der Waals surface area (Å²) in [5.74, 6) is 1.03. The Bertz CT molecular complexity index is 922. The van der Waals surface area contributed by atoms with Gasteiger partial charge in [-0.1, -0.05) is 11.6 Å². The van der Waals surface area contributed by atoms with E-state index in [2.05, 4.69) is 10.4 Å². The van der Waals surface area contributed by atoms with Crippen LogP contribution in [0.2, 0.25) is 5.02 Å². The smallest absolute Gasteiger partial charge is 0.255 e. The summed E-state index contributed by atoms with van der Waals surface area (Å²) in [5.41, 5.74) is 2.04. The standard InChI is InChI=1S/C18H14ClN3O3/c19-13-10-20-22(11-13)15-4-2-14(3-5-15)21-18(23)12-1-6-16-17(9-12)25-8-7-24-16/h1-6,9-11H,7-8H2,(H,21,23). The first-order valence-electron chi connectivity index (χ1n) is 7.71. The monoisotopic (exact) mass is 355 g/mol. The molecule has 0 aliphatic carbocycles. The molecule has 1 N–H and O–H groups in total. The summed E-state index contributed by atoms with van der Waals surface area (Å²) in [6.07, 6.45) is 3.28. The van der Waals surface area contributed by atoms with E-state index in [-0.39, 0.29) is 5.91 Å². The number of carbonyl (C=O) groups excluding carboxylic acids is 1. The first kappa shape index (κ1) is 15.5. The molecule has 0 bridgehead atoms. The van der Waals surface area contributed by atoms with Crippen LogP contribution in [0.3, 0.4) is 0 Å². The molecule has 2 aromatic carbocycles. The van der Waals surface area contributed by atoms with E-state index in [1.54, 1.807) is 47.4 Å². The van der Waals surface area contributed by atoms with Crippen molar-refractivity contribution in [3.63, 3.8) is 0 Å². The summed E-state index contributed by atoms with van der Waals surface area (Å²) in [5, 5.41) is 7.56. The summed E-state index contributed by atoms with van der Waals surface area (Å²) in [6, 6.07) is 12.5. The third-order valence-corrected chi connectivity index (χ3v) is 3.94. The lowest BCUT2D eigenvalue weighted by atomic mass is 10.1. The molecule has 6 nitrogen and oxygen atoms in total. The number of aromatic nitrogens is 2. The molecule has 126 valence electrons. The normalized spacial score (nSPS) is 12.7. The molecule has 0 radical (unpaired) electrons. The van der Waals surface area contributed by atoms with Gasteiger partial charge in [0.25, 0.3) is 5.91 Å². The van der Waals surface area contributed by atoms with Crippen molar-refractivity contribution in [2.75, 3.05) is 18.5 Å². The maximum Gasteiger partial charge on any atom is 0.255 e. The van der Waals surface area contributed by atoms with Crippen LogP contribution in [0, 0.1) is 0 Å². The van der Waals surface area contributed by atoms with Gasteiger partial charge in [-0.15, -0.1) is 0 Å². The number of ether oxygens (including phenoxy) is 2. The molecular weight excluding hydrogens is 342 g/mol. The first-order chi connectivity index (χ1) is 12.2. The van der Waals surface area contributed by atoms with E-state index >= 15 is 0 Å². The number of amides is 1. The molecule has 0 atom stereocenters. The largest absolute Gasteiger partial charge is 0.486 e. The van der Waals surface area contributed by atoms with Crippen LogP contribution in [0.4, 0.5) is 5.69 Å². The molecule has 2 heterocycles. The Kier molecular flexibility index (Phi) is 4.03. The van der Waals surface area contributed by atoms with Crippen LogP contribution in [0.1, 0.15) is 10.4 Å². The molecule has 0 saturated heterocycles. The molecule has 1 amide bonds. The summed E-state index contributed by atoms with van der Waals surface area (Å²) in [4.78, 5) is 12.4. The zero-order valence-corrected chi connectivity index (χ0v) is 13.9. The second kappa shape index (κ2) is 6.49. The number of fused-ring (bicyclic) bond motifs is 1. The van der Waals surface area contributed by atoms with Crippen LogP contribution in [0.15, 0.2) is 54.9 Å². The zero-order chi connectivity index (χ0) is 17.2. The Balaban J connectivity index is 1.49. The van der Waals surface area contributed by atoms with Gasteiger partial charge in [0.05, 0.1) is 16.9 Å². The van der Waals surface area contributed by atoms with Crippen molar-refractivity contribution in [1.29, 1.82) is 0 Å². The van der Waals surface area contributed by atoms with Gasteiger partial charge in [0.15, 0.2) is 11.5 Å². The molecule has 4 rings (SSSR count). The van der Waals surface area contributed by atoms with Crippen molar-refractivity contribution in [2.45, 2.75) is 0 Å². The highest BCUT2D eigenvalue weighted by Gasteiger charge is 2.15. The molecular formula is C18H14ClN3O3. The van der Waals surface area contributed by atoms with Crippen LogP contribution in [0.5, 0.6) is 11.5 Å². The highest BCUT2D eigenvalue weighted by Crippen LogP contribution is 2.31. The number of hydrogen-bond donors (Lipinski definition) is 1. The Labute approximate surface area is 148 Å². The average molecular weight is 356 g/mol. The van der Waals surface area contributed by atoms with Crippen molar-refractivity contribution >= 4 is 23.2 Å². The Morgan fingerprint density at radius 3 is 2.56 bits per heavy atom. The third-order valence-electron chi connectivity index (χ3n) is 3.75. The molecule has 3 aromatic rings. The van der Waals surface area contributed by atoms with E-state index in [1.807, 2.05) is 12.1 Å². The van der Waals surface area contributed by atoms with E-state index in [0.717, 1.165) is 5.69 Å². The van der Waals surface area contributed by atoms with Gasteiger partial charge in [0, 0.05) is 17.4 Å². The van der Waals surface area contributed by atoms with Gasteiger partial charge in [-0.3, -0.25) is 4.79 Å².